The maximum Gasteiger partial charge on any atom is 0.256 e. The molecule has 4 rings (SSSR count). The highest BCUT2D eigenvalue weighted by molar-refractivity contribution is 7.99. The fourth-order valence-electron chi connectivity index (χ4n) is 3.18. The number of benzene rings is 2. The van der Waals surface area contributed by atoms with E-state index in [1.165, 1.54) is 0 Å². The summed E-state index contributed by atoms with van der Waals surface area (Å²) in [6, 6.07) is 15.0. The number of carbonyl (C=O) groups is 1. The largest absolute Gasteiger partial charge is 0.377 e. The highest BCUT2D eigenvalue weighted by Gasteiger charge is 2.18. The molecule has 0 aliphatic carbocycles. The van der Waals surface area contributed by atoms with E-state index in [0.717, 1.165) is 41.0 Å². The average Bonchev–Trinajstić information content (AvgIpc) is 3.20. The van der Waals surface area contributed by atoms with Crippen LogP contribution in [0.15, 0.2) is 59.6 Å². The van der Waals surface area contributed by atoms with Crippen molar-refractivity contribution in [3.8, 4) is 0 Å². The summed E-state index contributed by atoms with van der Waals surface area (Å²) in [6.45, 7) is 0.836. The van der Waals surface area contributed by atoms with Crippen molar-refractivity contribution in [2.24, 2.45) is 0 Å². The minimum Gasteiger partial charge on any atom is -0.377 e. The third-order valence-corrected chi connectivity index (χ3v) is 5.92. The molecule has 1 saturated heterocycles. The molecule has 4 nitrogen and oxygen atoms in total. The zero-order valence-corrected chi connectivity index (χ0v) is 16.2. The number of thioether (sulfide) groups is 1. The molecule has 0 spiro atoms. The molecule has 2 heterocycles. The first-order valence-electron chi connectivity index (χ1n) is 8.90. The van der Waals surface area contributed by atoms with Crippen LogP contribution >= 0.6 is 23.4 Å². The van der Waals surface area contributed by atoms with Crippen LogP contribution in [-0.2, 0) is 4.74 Å². The van der Waals surface area contributed by atoms with Gasteiger partial charge in [-0.3, -0.25) is 9.78 Å². The Morgan fingerprint density at radius 1 is 1.26 bits per heavy atom. The van der Waals surface area contributed by atoms with E-state index in [1.54, 1.807) is 24.0 Å². The lowest BCUT2D eigenvalue weighted by atomic mass is 10.1. The van der Waals surface area contributed by atoms with Gasteiger partial charge in [-0.15, -0.1) is 11.8 Å². The van der Waals surface area contributed by atoms with Crippen LogP contribution in [0.1, 0.15) is 23.2 Å². The van der Waals surface area contributed by atoms with Crippen LogP contribution in [0, 0.1) is 0 Å². The van der Waals surface area contributed by atoms with Gasteiger partial charge in [0.25, 0.3) is 5.91 Å². The fourth-order valence-corrected chi connectivity index (χ4v) is 4.53. The number of halogens is 1. The number of nitrogens with zero attached hydrogens (tertiary/aromatic N) is 1. The zero-order valence-electron chi connectivity index (χ0n) is 14.7. The van der Waals surface area contributed by atoms with Crippen LogP contribution in [0.25, 0.3) is 10.9 Å². The minimum atomic E-state index is -0.167. The van der Waals surface area contributed by atoms with Gasteiger partial charge < -0.3 is 10.1 Å². The Kier molecular flexibility index (Phi) is 5.62. The molecule has 1 atom stereocenters. The van der Waals surface area contributed by atoms with Crippen molar-refractivity contribution in [1.82, 2.24) is 4.98 Å². The van der Waals surface area contributed by atoms with Crippen LogP contribution < -0.4 is 5.32 Å². The summed E-state index contributed by atoms with van der Waals surface area (Å²) in [5.41, 5.74) is 1.98. The lowest BCUT2D eigenvalue weighted by Gasteiger charge is -2.13. The number of aromatic nitrogens is 1. The molecule has 6 heteroatoms. The van der Waals surface area contributed by atoms with Crippen LogP contribution in [0.4, 0.5) is 5.69 Å². The van der Waals surface area contributed by atoms with Crippen molar-refractivity contribution < 1.29 is 9.53 Å². The molecule has 1 unspecified atom stereocenters. The number of nitrogens with one attached hydrogen (secondary N) is 1. The van der Waals surface area contributed by atoms with E-state index in [0.29, 0.717) is 16.3 Å². The summed E-state index contributed by atoms with van der Waals surface area (Å²) < 4.78 is 5.69. The van der Waals surface area contributed by atoms with Crippen molar-refractivity contribution in [3.05, 3.63) is 65.3 Å². The summed E-state index contributed by atoms with van der Waals surface area (Å²) >= 11 is 7.87. The van der Waals surface area contributed by atoms with Crippen LogP contribution in [-0.4, -0.2) is 29.4 Å². The molecule has 27 heavy (non-hydrogen) atoms. The molecule has 1 N–H and O–H groups in total. The van der Waals surface area contributed by atoms with Crippen molar-refractivity contribution >= 4 is 45.9 Å². The molecule has 2 aromatic carbocycles. The summed E-state index contributed by atoms with van der Waals surface area (Å²) in [7, 11) is 0. The van der Waals surface area contributed by atoms with Crippen LogP contribution in [0.5, 0.6) is 0 Å². The highest BCUT2D eigenvalue weighted by Crippen LogP contribution is 2.29. The predicted octanol–water partition coefficient (Wildman–Crippen LogP) is 5.41. The third kappa shape index (κ3) is 4.26. The van der Waals surface area contributed by atoms with Crippen molar-refractivity contribution in [3.63, 3.8) is 0 Å². The van der Waals surface area contributed by atoms with Gasteiger partial charge >= 0.3 is 0 Å². The van der Waals surface area contributed by atoms with Gasteiger partial charge in [0.1, 0.15) is 0 Å². The van der Waals surface area contributed by atoms with Gasteiger partial charge in [0.05, 0.1) is 22.9 Å². The number of ether oxygens (including phenoxy) is 1. The number of pyridine rings is 1. The Balaban J connectivity index is 1.57. The zero-order chi connectivity index (χ0) is 18.6. The molecule has 3 aromatic rings. The van der Waals surface area contributed by atoms with Gasteiger partial charge in [-0.1, -0.05) is 29.8 Å². The fraction of sp³-hybridized carbons (Fsp3) is 0.238. The topological polar surface area (TPSA) is 51.2 Å². The summed E-state index contributed by atoms with van der Waals surface area (Å²) in [5.74, 6) is 0.686. The lowest BCUT2D eigenvalue weighted by molar-refractivity contribution is 0.102. The third-order valence-electron chi connectivity index (χ3n) is 4.50. The second kappa shape index (κ2) is 8.30. The van der Waals surface area contributed by atoms with Gasteiger partial charge in [0.15, 0.2) is 0 Å². The van der Waals surface area contributed by atoms with Gasteiger partial charge in [0, 0.05) is 33.9 Å². The number of hydrogen-bond acceptors (Lipinski definition) is 4. The summed E-state index contributed by atoms with van der Waals surface area (Å²) in [5, 5.41) is 4.43. The second-order valence-corrected chi connectivity index (χ2v) is 7.92. The van der Waals surface area contributed by atoms with Gasteiger partial charge in [-0.05, 0) is 43.2 Å². The second-order valence-electron chi connectivity index (χ2n) is 6.42. The van der Waals surface area contributed by atoms with Crippen LogP contribution in [0.3, 0.4) is 0 Å². The molecule has 0 bridgehead atoms. The van der Waals surface area contributed by atoms with Gasteiger partial charge in [0.2, 0.25) is 0 Å². The lowest BCUT2D eigenvalue weighted by Crippen LogP contribution is -2.14. The SMILES string of the molecule is O=C(Nc1cc(Cl)cc2cccnc12)c1ccccc1SCC1CCCO1. The molecule has 1 fully saturated rings. The van der Waals surface area contributed by atoms with E-state index in [4.69, 9.17) is 16.3 Å². The number of rotatable bonds is 5. The Hall–Kier alpha value is -2.08. The van der Waals surface area contributed by atoms with Crippen molar-refractivity contribution in [2.45, 2.75) is 23.8 Å². The minimum absolute atomic E-state index is 0.167. The van der Waals surface area contributed by atoms with Gasteiger partial charge in [-0.2, -0.15) is 0 Å². The Morgan fingerprint density at radius 2 is 2.15 bits per heavy atom. The van der Waals surface area contributed by atoms with E-state index in [9.17, 15) is 4.79 Å². The molecular formula is C21H19ClN2O2S. The Labute approximate surface area is 167 Å². The predicted molar refractivity (Wildman–Crippen MR) is 111 cm³/mol. The van der Waals surface area contributed by atoms with E-state index >= 15 is 0 Å². The monoisotopic (exact) mass is 398 g/mol. The Morgan fingerprint density at radius 3 is 3.00 bits per heavy atom. The maximum atomic E-state index is 13.0. The van der Waals surface area contributed by atoms with E-state index in [2.05, 4.69) is 10.3 Å². The van der Waals surface area contributed by atoms with E-state index in [-0.39, 0.29) is 12.0 Å². The van der Waals surface area contributed by atoms with Crippen molar-refractivity contribution in [1.29, 1.82) is 0 Å². The maximum absolute atomic E-state index is 13.0. The normalized spacial score (nSPS) is 16.6. The van der Waals surface area contributed by atoms with Crippen LogP contribution in [0.2, 0.25) is 5.02 Å². The molecule has 0 saturated carbocycles. The molecule has 0 radical (unpaired) electrons. The first-order valence-corrected chi connectivity index (χ1v) is 10.3. The van der Waals surface area contributed by atoms with Crippen molar-refractivity contribution in [2.75, 3.05) is 17.7 Å². The first kappa shape index (κ1) is 18.3. The summed E-state index contributed by atoms with van der Waals surface area (Å²) in [6.07, 6.45) is 4.17. The summed E-state index contributed by atoms with van der Waals surface area (Å²) in [4.78, 5) is 18.3. The average molecular weight is 399 g/mol. The van der Waals surface area contributed by atoms with Gasteiger partial charge in [-0.25, -0.2) is 0 Å². The quantitative estimate of drug-likeness (QED) is 0.583. The van der Waals surface area contributed by atoms with E-state index in [1.807, 2.05) is 42.5 Å². The highest BCUT2D eigenvalue weighted by atomic mass is 35.5. The molecule has 138 valence electrons. The Bertz CT molecular complexity index is 973. The smallest absolute Gasteiger partial charge is 0.256 e. The standard InChI is InChI=1S/C21H19ClN2O2S/c22-15-11-14-5-3-9-23-20(14)18(12-15)24-21(25)17-7-1-2-8-19(17)27-13-16-6-4-10-26-16/h1-3,5,7-9,11-12,16H,4,6,10,13H2,(H,24,25). The molecular weight excluding hydrogens is 380 g/mol. The number of fused-ring (bicyclic) bond motifs is 1. The molecule has 1 aliphatic heterocycles. The number of hydrogen-bond donors (Lipinski definition) is 1. The molecule has 1 aromatic heterocycles. The molecule has 1 aliphatic rings. The number of anilines is 1. The first-order chi connectivity index (χ1) is 13.2. The number of amides is 1. The molecule has 1 amide bonds. The number of carbonyl (C=O) groups excluding carboxylic acids is 1. The van der Waals surface area contributed by atoms with E-state index < -0.39 is 0 Å².